The number of amides is 1. The van der Waals surface area contributed by atoms with E-state index in [1.807, 2.05) is 6.07 Å². The molecule has 9 nitrogen and oxygen atoms in total. The van der Waals surface area contributed by atoms with Crippen LogP contribution < -0.4 is 0 Å². The lowest BCUT2D eigenvalue weighted by molar-refractivity contribution is -0.139. The van der Waals surface area contributed by atoms with E-state index in [-0.39, 0.29) is 35.1 Å². The van der Waals surface area contributed by atoms with Crippen LogP contribution in [0.3, 0.4) is 0 Å². The lowest BCUT2D eigenvalue weighted by Crippen LogP contribution is -2.48. The molecule has 3 heterocycles. The smallest absolute Gasteiger partial charge is 0.342 e. The third-order valence-corrected chi connectivity index (χ3v) is 7.78. The molecule has 1 amide bonds. The molecule has 2 aromatic heterocycles. The predicted molar refractivity (Wildman–Crippen MR) is 113 cm³/mol. The summed E-state index contributed by atoms with van der Waals surface area (Å²) >= 11 is 0. The van der Waals surface area contributed by atoms with Crippen molar-refractivity contribution in [3.63, 3.8) is 0 Å². The Morgan fingerprint density at radius 2 is 1.97 bits per heavy atom. The number of hydrogen-bond acceptors (Lipinski definition) is 7. The van der Waals surface area contributed by atoms with Gasteiger partial charge in [0, 0.05) is 18.3 Å². The molecule has 10 heteroatoms. The molecule has 0 spiro atoms. The van der Waals surface area contributed by atoms with Crippen LogP contribution in [0.15, 0.2) is 30.6 Å². The van der Waals surface area contributed by atoms with E-state index in [0.29, 0.717) is 17.9 Å². The number of rotatable bonds is 6. The van der Waals surface area contributed by atoms with Gasteiger partial charge >= 0.3 is 5.97 Å². The van der Waals surface area contributed by atoms with Crippen molar-refractivity contribution in [2.45, 2.75) is 51.1 Å². The van der Waals surface area contributed by atoms with Gasteiger partial charge in [0.05, 0.1) is 23.4 Å². The van der Waals surface area contributed by atoms with Crippen molar-refractivity contribution in [3.05, 3.63) is 41.9 Å². The molecule has 1 unspecified atom stereocenters. The largest absolute Gasteiger partial charge is 0.452 e. The lowest BCUT2D eigenvalue weighted by Gasteiger charge is -2.33. The molecule has 2 aliphatic rings. The van der Waals surface area contributed by atoms with Gasteiger partial charge in [-0.1, -0.05) is 18.9 Å². The summed E-state index contributed by atoms with van der Waals surface area (Å²) < 4.78 is 30.8. The number of nitrogens with zero attached hydrogens (tertiary/aromatic N) is 4. The Bertz CT molecular complexity index is 1060. The topological polar surface area (TPSA) is 111 Å². The van der Waals surface area contributed by atoms with Gasteiger partial charge in [-0.15, -0.1) is 0 Å². The van der Waals surface area contributed by atoms with E-state index in [1.165, 1.54) is 10.9 Å². The van der Waals surface area contributed by atoms with Crippen LogP contribution in [0.4, 0.5) is 0 Å². The third-order valence-electron chi connectivity index (χ3n) is 6.03. The Balaban J connectivity index is 1.44. The van der Waals surface area contributed by atoms with Gasteiger partial charge in [-0.05, 0) is 38.3 Å². The van der Waals surface area contributed by atoms with Crippen LogP contribution in [0.25, 0.3) is 5.82 Å². The van der Waals surface area contributed by atoms with E-state index in [9.17, 15) is 18.0 Å². The summed E-state index contributed by atoms with van der Waals surface area (Å²) in [5, 5.41) is 4.20. The Kier molecular flexibility index (Phi) is 6.08. The molecule has 31 heavy (non-hydrogen) atoms. The summed E-state index contributed by atoms with van der Waals surface area (Å²) in [5.74, 6) is -0.320. The zero-order chi connectivity index (χ0) is 22.0. The molecule has 2 aromatic rings. The van der Waals surface area contributed by atoms with E-state index in [2.05, 4.69) is 10.1 Å². The summed E-state index contributed by atoms with van der Waals surface area (Å²) in [5.41, 5.74) is 0.819. The number of hydrogen-bond donors (Lipinski definition) is 0. The van der Waals surface area contributed by atoms with Gasteiger partial charge < -0.3 is 9.64 Å². The van der Waals surface area contributed by atoms with Gasteiger partial charge in [-0.2, -0.15) is 5.10 Å². The molecule has 1 aliphatic carbocycles. The normalized spacial score (nSPS) is 20.6. The SMILES string of the molecule is Cc1c(C(=O)OCC(=O)N(C2CCCC2)C2CCS(=O)(=O)C2)cnn1-c1ccccn1. The third kappa shape index (κ3) is 4.63. The number of esters is 1. The standard InChI is InChI=1S/C21H26N4O5S/c1-15-18(12-23-25(15)19-8-4-5-10-22-19)21(27)30-13-20(26)24(16-6-2-3-7-16)17-9-11-31(28,29)14-17/h4-5,8,10,12,16-17H,2-3,6-7,9,11,13-14H2,1H3. The maximum Gasteiger partial charge on any atom is 0.342 e. The first-order chi connectivity index (χ1) is 14.9. The number of aromatic nitrogens is 3. The molecule has 0 aromatic carbocycles. The van der Waals surface area contributed by atoms with Crippen molar-refractivity contribution < 1.29 is 22.7 Å². The van der Waals surface area contributed by atoms with Crippen LogP contribution in [0, 0.1) is 6.92 Å². The maximum absolute atomic E-state index is 13.0. The molecule has 4 rings (SSSR count). The van der Waals surface area contributed by atoms with Gasteiger partial charge in [0.25, 0.3) is 5.91 Å². The van der Waals surface area contributed by atoms with Crippen molar-refractivity contribution in [2.24, 2.45) is 0 Å². The van der Waals surface area contributed by atoms with E-state index in [0.717, 1.165) is 25.7 Å². The van der Waals surface area contributed by atoms with Crippen LogP contribution in [0.2, 0.25) is 0 Å². The van der Waals surface area contributed by atoms with Crippen LogP contribution in [0.1, 0.15) is 48.2 Å². The number of pyridine rings is 1. The van der Waals surface area contributed by atoms with Crippen LogP contribution in [0.5, 0.6) is 0 Å². The minimum atomic E-state index is -3.13. The summed E-state index contributed by atoms with van der Waals surface area (Å²) in [4.78, 5) is 31.5. The van der Waals surface area contributed by atoms with Gasteiger partial charge in [0.1, 0.15) is 5.56 Å². The first-order valence-corrected chi connectivity index (χ1v) is 12.3. The molecule has 0 radical (unpaired) electrons. The zero-order valence-electron chi connectivity index (χ0n) is 17.4. The second-order valence-electron chi connectivity index (χ2n) is 8.12. The summed E-state index contributed by atoms with van der Waals surface area (Å²) in [6, 6.07) is 5.05. The highest BCUT2D eigenvalue weighted by atomic mass is 32.2. The number of ether oxygens (including phenoxy) is 1. The molecule has 0 bridgehead atoms. The summed E-state index contributed by atoms with van der Waals surface area (Å²) in [6.07, 6.45) is 7.20. The van der Waals surface area contributed by atoms with E-state index >= 15 is 0 Å². The van der Waals surface area contributed by atoms with Crippen LogP contribution in [-0.4, -0.2) is 70.2 Å². The van der Waals surface area contributed by atoms with Crippen molar-refractivity contribution >= 4 is 21.7 Å². The molecule has 1 saturated carbocycles. The second kappa shape index (κ2) is 8.78. The Morgan fingerprint density at radius 3 is 2.61 bits per heavy atom. The van der Waals surface area contributed by atoms with Gasteiger partial charge in [-0.25, -0.2) is 22.9 Å². The highest BCUT2D eigenvalue weighted by molar-refractivity contribution is 7.91. The van der Waals surface area contributed by atoms with E-state index in [1.54, 1.807) is 30.2 Å². The quantitative estimate of drug-likeness (QED) is 0.621. The van der Waals surface area contributed by atoms with Crippen molar-refractivity contribution in [2.75, 3.05) is 18.1 Å². The molecule has 1 atom stereocenters. The van der Waals surface area contributed by atoms with Crippen molar-refractivity contribution in [1.29, 1.82) is 0 Å². The summed E-state index contributed by atoms with van der Waals surface area (Å²) in [7, 11) is -3.13. The number of carbonyl (C=O) groups excluding carboxylic acids is 2. The van der Waals surface area contributed by atoms with Gasteiger partial charge in [0.15, 0.2) is 22.3 Å². The first-order valence-electron chi connectivity index (χ1n) is 10.5. The molecule has 1 aliphatic heterocycles. The summed E-state index contributed by atoms with van der Waals surface area (Å²) in [6.45, 7) is 1.31. The monoisotopic (exact) mass is 446 g/mol. The van der Waals surface area contributed by atoms with Crippen molar-refractivity contribution in [1.82, 2.24) is 19.7 Å². The molecular weight excluding hydrogens is 420 g/mol. The number of sulfone groups is 1. The fourth-order valence-electron chi connectivity index (χ4n) is 4.48. The van der Waals surface area contributed by atoms with E-state index < -0.39 is 22.4 Å². The minimum absolute atomic E-state index is 0.0122. The maximum atomic E-state index is 13.0. The number of carbonyl (C=O) groups is 2. The fourth-order valence-corrected chi connectivity index (χ4v) is 6.19. The second-order valence-corrected chi connectivity index (χ2v) is 10.3. The average molecular weight is 447 g/mol. The lowest BCUT2D eigenvalue weighted by atomic mass is 10.1. The Hall–Kier alpha value is -2.75. The zero-order valence-corrected chi connectivity index (χ0v) is 18.3. The fraction of sp³-hybridized carbons (Fsp3) is 0.524. The molecule has 0 N–H and O–H groups in total. The molecular formula is C21H26N4O5S. The minimum Gasteiger partial charge on any atom is -0.452 e. The molecule has 1 saturated heterocycles. The molecule has 166 valence electrons. The predicted octanol–water partition coefficient (Wildman–Crippen LogP) is 1.69. The average Bonchev–Trinajstić information content (AvgIpc) is 3.48. The first kappa shape index (κ1) is 21.5. The van der Waals surface area contributed by atoms with Crippen LogP contribution in [-0.2, 0) is 19.4 Å². The van der Waals surface area contributed by atoms with Crippen LogP contribution >= 0.6 is 0 Å². The van der Waals surface area contributed by atoms with Gasteiger partial charge in [-0.3, -0.25) is 4.79 Å². The highest BCUT2D eigenvalue weighted by Gasteiger charge is 2.39. The molecule has 2 fully saturated rings. The Morgan fingerprint density at radius 1 is 1.19 bits per heavy atom. The van der Waals surface area contributed by atoms with Gasteiger partial charge in [0.2, 0.25) is 0 Å². The van der Waals surface area contributed by atoms with E-state index in [4.69, 9.17) is 4.74 Å². The van der Waals surface area contributed by atoms with Crippen molar-refractivity contribution in [3.8, 4) is 5.82 Å². The Labute approximate surface area is 181 Å². The highest BCUT2D eigenvalue weighted by Crippen LogP contribution is 2.29.